The second kappa shape index (κ2) is 7.22. The number of hydrogen-bond acceptors (Lipinski definition) is 4. The molecular weight excluding hydrogens is 318 g/mol. The van der Waals surface area contributed by atoms with Crippen LogP contribution in [0.25, 0.3) is 0 Å². The molecular formula is C13H20ClNO3S2. The van der Waals surface area contributed by atoms with Gasteiger partial charge in [-0.3, -0.25) is 0 Å². The molecule has 1 aliphatic rings. The molecule has 20 heavy (non-hydrogen) atoms. The molecule has 7 heteroatoms. The summed E-state index contributed by atoms with van der Waals surface area (Å²) in [6.45, 7) is 3.76. The molecule has 1 unspecified atom stereocenters. The Labute approximate surface area is 129 Å². The van der Waals surface area contributed by atoms with Gasteiger partial charge in [0.2, 0.25) is 10.0 Å². The predicted octanol–water partition coefficient (Wildman–Crippen LogP) is 3.07. The minimum Gasteiger partial charge on any atom is -0.377 e. The maximum Gasteiger partial charge on any atom is 0.243 e. The van der Waals surface area contributed by atoms with Gasteiger partial charge in [-0.2, -0.15) is 4.31 Å². The lowest BCUT2D eigenvalue weighted by atomic mass is 10.1. The number of ether oxygens (including phenoxy) is 1. The van der Waals surface area contributed by atoms with Crippen molar-refractivity contribution in [3.63, 3.8) is 0 Å². The maximum absolute atomic E-state index is 12.6. The lowest BCUT2D eigenvalue weighted by Crippen LogP contribution is -2.43. The zero-order chi connectivity index (χ0) is 14.6. The van der Waals surface area contributed by atoms with E-state index < -0.39 is 10.0 Å². The van der Waals surface area contributed by atoms with E-state index in [2.05, 4.69) is 6.92 Å². The summed E-state index contributed by atoms with van der Waals surface area (Å²) in [6, 6.07) is 1.67. The maximum atomic E-state index is 12.6. The Morgan fingerprint density at radius 1 is 1.55 bits per heavy atom. The second-order valence-corrected chi connectivity index (χ2v) is 8.08. The number of piperidine rings is 1. The van der Waals surface area contributed by atoms with E-state index >= 15 is 0 Å². The number of alkyl halides is 1. The van der Waals surface area contributed by atoms with Crippen molar-refractivity contribution >= 4 is 33.0 Å². The van der Waals surface area contributed by atoms with Gasteiger partial charge in [0.05, 0.1) is 16.9 Å². The minimum atomic E-state index is -3.40. The zero-order valence-electron chi connectivity index (χ0n) is 11.5. The van der Waals surface area contributed by atoms with E-state index in [9.17, 15) is 8.42 Å². The van der Waals surface area contributed by atoms with Crippen LogP contribution in [-0.4, -0.2) is 38.5 Å². The van der Waals surface area contributed by atoms with Gasteiger partial charge in [-0.25, -0.2) is 8.42 Å². The van der Waals surface area contributed by atoms with Crippen molar-refractivity contribution in [2.75, 3.05) is 19.7 Å². The van der Waals surface area contributed by atoms with E-state index in [0.717, 1.165) is 24.1 Å². The highest BCUT2D eigenvalue weighted by Gasteiger charge is 2.31. The van der Waals surface area contributed by atoms with E-state index in [4.69, 9.17) is 16.3 Å². The smallest absolute Gasteiger partial charge is 0.243 e. The van der Waals surface area contributed by atoms with Gasteiger partial charge >= 0.3 is 0 Å². The van der Waals surface area contributed by atoms with Crippen LogP contribution in [0, 0.1) is 0 Å². The van der Waals surface area contributed by atoms with Gasteiger partial charge in [0.1, 0.15) is 0 Å². The van der Waals surface area contributed by atoms with Gasteiger partial charge in [0.15, 0.2) is 0 Å². The number of nitrogens with zero attached hydrogens (tertiary/aromatic N) is 1. The number of sulfonamides is 1. The van der Waals surface area contributed by atoms with Crippen LogP contribution < -0.4 is 0 Å². The molecule has 114 valence electrons. The van der Waals surface area contributed by atoms with Gasteiger partial charge in [0.25, 0.3) is 0 Å². The average molecular weight is 338 g/mol. The molecule has 0 amide bonds. The molecule has 1 aromatic heterocycles. The molecule has 0 aliphatic carbocycles. The van der Waals surface area contributed by atoms with Crippen LogP contribution in [0.3, 0.4) is 0 Å². The van der Waals surface area contributed by atoms with Crippen LogP contribution in [0.4, 0.5) is 0 Å². The van der Waals surface area contributed by atoms with Gasteiger partial charge in [0, 0.05) is 30.0 Å². The lowest BCUT2D eigenvalue weighted by Gasteiger charge is -2.31. The van der Waals surface area contributed by atoms with Gasteiger partial charge in [-0.1, -0.05) is 6.92 Å². The average Bonchev–Trinajstić information content (AvgIpc) is 2.95. The van der Waals surface area contributed by atoms with Crippen molar-refractivity contribution in [1.82, 2.24) is 4.31 Å². The number of hydrogen-bond donors (Lipinski definition) is 0. The summed E-state index contributed by atoms with van der Waals surface area (Å²) in [6.07, 6.45) is 2.75. The topological polar surface area (TPSA) is 46.6 Å². The fraction of sp³-hybridized carbons (Fsp3) is 0.692. The first-order valence-electron chi connectivity index (χ1n) is 6.83. The highest BCUT2D eigenvalue weighted by molar-refractivity contribution is 7.89. The molecule has 0 spiro atoms. The van der Waals surface area contributed by atoms with Crippen LogP contribution in [0.1, 0.15) is 31.1 Å². The number of halogens is 1. The number of rotatable bonds is 6. The van der Waals surface area contributed by atoms with Crippen LogP contribution in [0.15, 0.2) is 16.3 Å². The molecule has 1 saturated heterocycles. The molecule has 0 aromatic carbocycles. The van der Waals surface area contributed by atoms with E-state index in [1.807, 2.05) is 0 Å². The third kappa shape index (κ3) is 3.74. The quantitative estimate of drug-likeness (QED) is 0.749. The lowest BCUT2D eigenvalue weighted by molar-refractivity contribution is 0.0193. The molecule has 1 fully saturated rings. The van der Waals surface area contributed by atoms with Crippen LogP contribution >= 0.6 is 22.9 Å². The molecule has 2 heterocycles. The summed E-state index contributed by atoms with van der Waals surface area (Å²) in [5.74, 6) is 0.350. The molecule has 0 bridgehead atoms. The van der Waals surface area contributed by atoms with Crippen molar-refractivity contribution in [3.05, 3.63) is 16.3 Å². The molecule has 4 nitrogen and oxygen atoms in total. The molecule has 1 aromatic rings. The molecule has 0 N–H and O–H groups in total. The third-order valence-electron chi connectivity index (χ3n) is 3.30. The van der Waals surface area contributed by atoms with Crippen molar-refractivity contribution in [3.8, 4) is 0 Å². The Morgan fingerprint density at radius 3 is 3.00 bits per heavy atom. The summed E-state index contributed by atoms with van der Waals surface area (Å²) in [4.78, 5) is 1.23. The molecule has 0 saturated carbocycles. The fourth-order valence-corrected chi connectivity index (χ4v) is 5.15. The van der Waals surface area contributed by atoms with Crippen molar-refractivity contribution < 1.29 is 13.2 Å². The van der Waals surface area contributed by atoms with Crippen LogP contribution in [0.5, 0.6) is 0 Å². The normalized spacial score (nSPS) is 21.2. The van der Waals surface area contributed by atoms with Crippen LogP contribution in [0.2, 0.25) is 0 Å². The first kappa shape index (κ1) is 16.2. The SMILES string of the molecule is CCCOC1CCCN(S(=O)(=O)c2csc(CCl)c2)C1. The summed E-state index contributed by atoms with van der Waals surface area (Å²) in [5.41, 5.74) is 0. The van der Waals surface area contributed by atoms with Gasteiger partial charge in [-0.15, -0.1) is 22.9 Å². The largest absolute Gasteiger partial charge is 0.377 e. The summed E-state index contributed by atoms with van der Waals surface area (Å²) in [7, 11) is -3.40. The Balaban J connectivity index is 2.08. The minimum absolute atomic E-state index is 0.0182. The van der Waals surface area contributed by atoms with Gasteiger partial charge < -0.3 is 4.74 Å². The predicted molar refractivity (Wildman–Crippen MR) is 81.9 cm³/mol. The van der Waals surface area contributed by atoms with Crippen molar-refractivity contribution in [1.29, 1.82) is 0 Å². The fourth-order valence-electron chi connectivity index (χ4n) is 2.26. The van der Waals surface area contributed by atoms with E-state index in [1.165, 1.54) is 15.6 Å². The Kier molecular flexibility index (Phi) is 5.86. The summed E-state index contributed by atoms with van der Waals surface area (Å²) in [5, 5.41) is 1.67. The summed E-state index contributed by atoms with van der Waals surface area (Å²) >= 11 is 7.12. The van der Waals surface area contributed by atoms with E-state index in [1.54, 1.807) is 11.4 Å². The Bertz CT molecular complexity index is 529. The standard InChI is InChI=1S/C13H20ClNO3S2/c1-2-6-18-11-4-3-5-15(9-11)20(16,17)13-7-12(8-14)19-10-13/h7,10-11H,2-6,8-9H2,1H3. The Morgan fingerprint density at radius 2 is 2.35 bits per heavy atom. The van der Waals surface area contributed by atoms with E-state index in [-0.39, 0.29) is 6.10 Å². The van der Waals surface area contributed by atoms with Crippen molar-refractivity contribution in [2.24, 2.45) is 0 Å². The molecule has 1 atom stereocenters. The van der Waals surface area contributed by atoms with Crippen molar-refractivity contribution in [2.45, 2.75) is 43.1 Å². The monoisotopic (exact) mass is 337 g/mol. The molecule has 1 aliphatic heterocycles. The highest BCUT2D eigenvalue weighted by atomic mass is 35.5. The first-order valence-corrected chi connectivity index (χ1v) is 9.68. The molecule has 0 radical (unpaired) electrons. The van der Waals surface area contributed by atoms with Crippen LogP contribution in [-0.2, 0) is 20.6 Å². The highest BCUT2D eigenvalue weighted by Crippen LogP contribution is 2.26. The van der Waals surface area contributed by atoms with Gasteiger partial charge in [-0.05, 0) is 25.3 Å². The molecule has 2 rings (SSSR count). The summed E-state index contributed by atoms with van der Waals surface area (Å²) < 4.78 is 32.4. The third-order valence-corrected chi connectivity index (χ3v) is 6.67. The first-order chi connectivity index (χ1) is 9.57. The van der Waals surface area contributed by atoms with E-state index in [0.29, 0.717) is 30.5 Å². The number of thiophene rings is 1. The Hall–Kier alpha value is -0.140. The second-order valence-electron chi connectivity index (χ2n) is 4.88. The zero-order valence-corrected chi connectivity index (χ0v) is 13.9.